The molecule has 3 aliphatic carbocycles. The minimum absolute atomic E-state index is 0.631. The van der Waals surface area contributed by atoms with Crippen molar-refractivity contribution in [2.24, 2.45) is 29.1 Å². The summed E-state index contributed by atoms with van der Waals surface area (Å²) in [7, 11) is 0. The lowest BCUT2D eigenvalue weighted by molar-refractivity contribution is 0.0968. The predicted octanol–water partition coefficient (Wildman–Crippen LogP) is 9.26. The molecule has 0 bridgehead atoms. The molecule has 0 aromatic carbocycles. The lowest BCUT2D eigenvalue weighted by atomic mass is 9.64. The van der Waals surface area contributed by atoms with Crippen LogP contribution in [0.15, 0.2) is 24.8 Å². The van der Waals surface area contributed by atoms with E-state index in [2.05, 4.69) is 20.1 Å². The molecule has 3 rings (SSSR count). The zero-order valence-electron chi connectivity index (χ0n) is 19.0. The molecule has 28 heavy (non-hydrogen) atoms. The van der Waals surface area contributed by atoms with Crippen molar-refractivity contribution in [1.29, 1.82) is 0 Å². The van der Waals surface area contributed by atoms with E-state index < -0.39 is 0 Å². The van der Waals surface area contributed by atoms with E-state index in [0.29, 0.717) is 5.41 Å². The quantitative estimate of drug-likeness (QED) is 0.274. The normalized spacial score (nSPS) is 29.9. The number of hydrogen-bond donors (Lipinski definition) is 0. The summed E-state index contributed by atoms with van der Waals surface area (Å²) in [5, 5.41) is 0. The van der Waals surface area contributed by atoms with Crippen LogP contribution in [0.3, 0.4) is 0 Å². The first-order chi connectivity index (χ1) is 13.6. The van der Waals surface area contributed by atoms with E-state index in [9.17, 15) is 0 Å². The van der Waals surface area contributed by atoms with E-state index in [1.165, 1.54) is 108 Å². The molecule has 0 aromatic rings. The first-order valence-corrected chi connectivity index (χ1v) is 13.0. The average Bonchev–Trinajstić information content (AvgIpc) is 3.03. The van der Waals surface area contributed by atoms with E-state index in [1.54, 1.807) is 12.8 Å². The summed E-state index contributed by atoms with van der Waals surface area (Å²) >= 11 is 0. The van der Waals surface area contributed by atoms with Gasteiger partial charge < -0.3 is 0 Å². The molecule has 0 N–H and O–H groups in total. The number of allylic oxidation sites excluding steroid dienone is 2. The topological polar surface area (TPSA) is 0 Å². The van der Waals surface area contributed by atoms with Gasteiger partial charge in [-0.05, 0) is 67.6 Å². The highest BCUT2D eigenvalue weighted by Crippen LogP contribution is 2.51. The standard InChI is InChI=1S/C28H48/c1-4-23(3)27-18-17-26(19-27)22-28(5-2,21-25-15-11-8-12-16-25)20-24-13-9-6-7-10-14-24/h4,24-27H,1,3,5-22H2,2H3. The molecule has 160 valence electrons. The van der Waals surface area contributed by atoms with Gasteiger partial charge in [0.1, 0.15) is 0 Å². The second kappa shape index (κ2) is 11.0. The van der Waals surface area contributed by atoms with Crippen molar-refractivity contribution in [3.63, 3.8) is 0 Å². The van der Waals surface area contributed by atoms with Gasteiger partial charge in [0.25, 0.3) is 0 Å². The summed E-state index contributed by atoms with van der Waals surface area (Å²) in [6.07, 6.45) is 28.8. The summed E-state index contributed by atoms with van der Waals surface area (Å²) in [6, 6.07) is 0. The largest absolute Gasteiger partial charge is 0.0988 e. The van der Waals surface area contributed by atoms with Gasteiger partial charge in [0.15, 0.2) is 0 Å². The Balaban J connectivity index is 1.68. The Morgan fingerprint density at radius 3 is 1.75 bits per heavy atom. The molecule has 3 fully saturated rings. The molecule has 0 radical (unpaired) electrons. The van der Waals surface area contributed by atoms with Crippen LogP contribution in [-0.4, -0.2) is 0 Å². The molecular formula is C28H48. The monoisotopic (exact) mass is 384 g/mol. The highest BCUT2D eigenvalue weighted by Gasteiger charge is 2.38. The van der Waals surface area contributed by atoms with Gasteiger partial charge in [-0.1, -0.05) is 109 Å². The summed E-state index contributed by atoms with van der Waals surface area (Å²) in [5.41, 5.74) is 1.94. The number of rotatable bonds is 9. The molecule has 0 nitrogen and oxygen atoms in total. The third-order valence-corrected chi connectivity index (χ3v) is 8.94. The van der Waals surface area contributed by atoms with Gasteiger partial charge in [-0.25, -0.2) is 0 Å². The predicted molar refractivity (Wildman–Crippen MR) is 125 cm³/mol. The molecule has 3 aliphatic rings. The second-order valence-corrected chi connectivity index (χ2v) is 11.0. The minimum Gasteiger partial charge on any atom is -0.0988 e. The van der Waals surface area contributed by atoms with Crippen molar-refractivity contribution in [3.05, 3.63) is 24.8 Å². The van der Waals surface area contributed by atoms with E-state index in [1.807, 2.05) is 6.08 Å². The third kappa shape index (κ3) is 6.24. The van der Waals surface area contributed by atoms with Crippen molar-refractivity contribution in [1.82, 2.24) is 0 Å². The Morgan fingerprint density at radius 2 is 1.25 bits per heavy atom. The smallest absolute Gasteiger partial charge is 0.0165 e. The van der Waals surface area contributed by atoms with Gasteiger partial charge in [-0.2, -0.15) is 0 Å². The van der Waals surface area contributed by atoms with Gasteiger partial charge in [-0.3, -0.25) is 0 Å². The Kier molecular flexibility index (Phi) is 8.73. The van der Waals surface area contributed by atoms with E-state index in [4.69, 9.17) is 0 Å². The van der Waals surface area contributed by atoms with Crippen LogP contribution in [-0.2, 0) is 0 Å². The second-order valence-electron chi connectivity index (χ2n) is 11.0. The lowest BCUT2D eigenvalue weighted by Gasteiger charge is -2.42. The summed E-state index contributed by atoms with van der Waals surface area (Å²) < 4.78 is 0. The van der Waals surface area contributed by atoms with Crippen LogP contribution in [0.5, 0.6) is 0 Å². The molecule has 3 unspecified atom stereocenters. The highest BCUT2D eigenvalue weighted by atomic mass is 14.4. The Morgan fingerprint density at radius 1 is 0.750 bits per heavy atom. The summed E-state index contributed by atoms with van der Waals surface area (Å²) in [4.78, 5) is 0. The maximum atomic E-state index is 4.29. The van der Waals surface area contributed by atoms with Crippen molar-refractivity contribution in [2.45, 2.75) is 122 Å². The molecular weight excluding hydrogens is 336 g/mol. The molecule has 0 spiro atoms. The fraction of sp³-hybridized carbons (Fsp3) is 0.857. The van der Waals surface area contributed by atoms with Crippen molar-refractivity contribution < 1.29 is 0 Å². The van der Waals surface area contributed by atoms with Gasteiger partial charge >= 0.3 is 0 Å². The van der Waals surface area contributed by atoms with Crippen LogP contribution in [0.1, 0.15) is 122 Å². The van der Waals surface area contributed by atoms with E-state index in [0.717, 1.165) is 23.7 Å². The molecule has 0 amide bonds. The highest BCUT2D eigenvalue weighted by molar-refractivity contribution is 5.16. The molecule has 0 saturated heterocycles. The minimum atomic E-state index is 0.631. The fourth-order valence-electron chi connectivity index (χ4n) is 7.24. The zero-order chi connectivity index (χ0) is 19.8. The summed E-state index contributed by atoms with van der Waals surface area (Å²) in [6.45, 7) is 10.8. The van der Waals surface area contributed by atoms with Crippen LogP contribution in [0.4, 0.5) is 0 Å². The Hall–Kier alpha value is -0.520. The fourth-order valence-corrected chi connectivity index (χ4v) is 7.24. The van der Waals surface area contributed by atoms with Gasteiger partial charge in [-0.15, -0.1) is 0 Å². The van der Waals surface area contributed by atoms with Crippen LogP contribution < -0.4 is 0 Å². The molecule has 0 aromatic heterocycles. The van der Waals surface area contributed by atoms with Gasteiger partial charge in [0.05, 0.1) is 0 Å². The van der Waals surface area contributed by atoms with Gasteiger partial charge in [0.2, 0.25) is 0 Å². The van der Waals surface area contributed by atoms with E-state index >= 15 is 0 Å². The molecule has 3 saturated carbocycles. The molecule has 0 aliphatic heterocycles. The molecule has 0 heterocycles. The van der Waals surface area contributed by atoms with Crippen LogP contribution in [0.2, 0.25) is 0 Å². The number of hydrogen-bond acceptors (Lipinski definition) is 0. The third-order valence-electron chi connectivity index (χ3n) is 8.94. The molecule has 3 atom stereocenters. The first-order valence-electron chi connectivity index (χ1n) is 13.0. The van der Waals surface area contributed by atoms with E-state index in [-0.39, 0.29) is 0 Å². The van der Waals surface area contributed by atoms with Crippen LogP contribution in [0, 0.1) is 29.1 Å². The Labute approximate surface area is 176 Å². The van der Waals surface area contributed by atoms with Crippen molar-refractivity contribution >= 4 is 0 Å². The SMILES string of the molecule is C=CC(=C)C1CCC(CC(CC)(CC2CCCCCC2)CC2CCCCC2)C1. The van der Waals surface area contributed by atoms with Crippen molar-refractivity contribution in [3.8, 4) is 0 Å². The van der Waals surface area contributed by atoms with Crippen LogP contribution >= 0.6 is 0 Å². The Bertz CT molecular complexity index is 474. The summed E-state index contributed by atoms with van der Waals surface area (Å²) in [5.74, 6) is 3.71. The lowest BCUT2D eigenvalue weighted by Crippen LogP contribution is -2.30. The van der Waals surface area contributed by atoms with Crippen LogP contribution in [0.25, 0.3) is 0 Å². The average molecular weight is 385 g/mol. The molecule has 0 heteroatoms. The maximum absolute atomic E-state index is 4.29. The first kappa shape index (κ1) is 22.2. The van der Waals surface area contributed by atoms with Gasteiger partial charge in [0, 0.05) is 0 Å². The zero-order valence-corrected chi connectivity index (χ0v) is 19.0. The van der Waals surface area contributed by atoms with Crippen molar-refractivity contribution in [2.75, 3.05) is 0 Å². The maximum Gasteiger partial charge on any atom is -0.0165 e.